The van der Waals surface area contributed by atoms with Gasteiger partial charge in [-0.3, -0.25) is 4.99 Å². The molecule has 0 saturated heterocycles. The van der Waals surface area contributed by atoms with E-state index in [0.717, 1.165) is 17.6 Å². The minimum atomic E-state index is -3.29. The molecule has 0 unspecified atom stereocenters. The second-order valence-electron chi connectivity index (χ2n) is 6.22. The number of guanidine groups is 1. The highest BCUT2D eigenvalue weighted by atomic mass is 32.2. The van der Waals surface area contributed by atoms with Crippen LogP contribution in [0.3, 0.4) is 0 Å². The van der Waals surface area contributed by atoms with E-state index in [1.807, 2.05) is 18.2 Å². The van der Waals surface area contributed by atoms with E-state index in [9.17, 15) is 8.42 Å². The minimum Gasteiger partial charge on any atom is -0.497 e. The number of nitrogens with zero attached hydrogens (tertiary/aromatic N) is 1. The van der Waals surface area contributed by atoms with E-state index in [-0.39, 0.29) is 0 Å². The lowest BCUT2D eigenvalue weighted by atomic mass is 10.1. The molecule has 0 bridgehead atoms. The molecule has 1 aromatic rings. The smallest absolute Gasteiger partial charge is 0.209 e. The van der Waals surface area contributed by atoms with Crippen molar-refractivity contribution in [2.45, 2.75) is 25.9 Å². The standard InChI is InChI=1S/C16H28N4O4S/c1-16(2,20-25(6,21)22)11-19-15(17-3)18-10-12-7-8-13(23-4)9-14(12)24-5/h7-9,20H,10-11H2,1-6H3,(H2,17,18,19). The van der Waals surface area contributed by atoms with Crippen molar-refractivity contribution in [3.05, 3.63) is 23.8 Å². The highest BCUT2D eigenvalue weighted by Gasteiger charge is 2.22. The summed E-state index contributed by atoms with van der Waals surface area (Å²) in [5.41, 5.74) is 0.294. The first-order valence-electron chi connectivity index (χ1n) is 7.74. The number of nitrogens with one attached hydrogen (secondary N) is 3. The van der Waals surface area contributed by atoms with Crippen molar-refractivity contribution in [1.29, 1.82) is 0 Å². The van der Waals surface area contributed by atoms with Gasteiger partial charge in [0.15, 0.2) is 5.96 Å². The summed E-state index contributed by atoms with van der Waals surface area (Å²) in [4.78, 5) is 4.14. The van der Waals surface area contributed by atoms with Gasteiger partial charge in [0.25, 0.3) is 0 Å². The molecule has 1 rings (SSSR count). The molecular formula is C16H28N4O4S. The van der Waals surface area contributed by atoms with Gasteiger partial charge in [0, 0.05) is 37.3 Å². The zero-order valence-electron chi connectivity index (χ0n) is 15.6. The molecule has 1 aromatic carbocycles. The third kappa shape index (κ3) is 7.61. The van der Waals surface area contributed by atoms with Crippen molar-refractivity contribution in [1.82, 2.24) is 15.4 Å². The maximum atomic E-state index is 11.4. The molecule has 0 aliphatic rings. The van der Waals surface area contributed by atoms with E-state index in [1.165, 1.54) is 0 Å². The van der Waals surface area contributed by atoms with Gasteiger partial charge < -0.3 is 20.1 Å². The molecule has 0 saturated carbocycles. The third-order valence-corrected chi connectivity index (χ3v) is 4.25. The Kier molecular flexibility index (Phi) is 7.50. The summed E-state index contributed by atoms with van der Waals surface area (Å²) in [5, 5.41) is 6.28. The Morgan fingerprint density at radius 1 is 1.20 bits per heavy atom. The van der Waals surface area contributed by atoms with Gasteiger partial charge in [0.1, 0.15) is 11.5 Å². The van der Waals surface area contributed by atoms with Crippen molar-refractivity contribution in [2.75, 3.05) is 34.1 Å². The Morgan fingerprint density at radius 3 is 2.40 bits per heavy atom. The summed E-state index contributed by atoms with van der Waals surface area (Å²) in [6.07, 6.45) is 1.14. The Bertz CT molecular complexity index is 702. The van der Waals surface area contributed by atoms with Gasteiger partial charge in [0.2, 0.25) is 10.0 Å². The van der Waals surface area contributed by atoms with Crippen LogP contribution in [0.4, 0.5) is 0 Å². The van der Waals surface area contributed by atoms with Gasteiger partial charge in [0.05, 0.1) is 20.5 Å². The van der Waals surface area contributed by atoms with Crippen LogP contribution >= 0.6 is 0 Å². The number of benzene rings is 1. The van der Waals surface area contributed by atoms with Crippen molar-refractivity contribution in [3.8, 4) is 11.5 Å². The monoisotopic (exact) mass is 372 g/mol. The first kappa shape index (κ1) is 21.0. The van der Waals surface area contributed by atoms with Crippen LogP contribution in [0, 0.1) is 0 Å². The van der Waals surface area contributed by atoms with Gasteiger partial charge >= 0.3 is 0 Å². The molecule has 0 aliphatic carbocycles. The number of methoxy groups -OCH3 is 2. The fourth-order valence-electron chi connectivity index (χ4n) is 2.24. The van der Waals surface area contributed by atoms with Crippen LogP contribution in [0.1, 0.15) is 19.4 Å². The molecular weight excluding hydrogens is 344 g/mol. The van der Waals surface area contributed by atoms with E-state index >= 15 is 0 Å². The van der Waals surface area contributed by atoms with Crippen molar-refractivity contribution in [3.63, 3.8) is 0 Å². The lowest BCUT2D eigenvalue weighted by Gasteiger charge is -2.26. The van der Waals surface area contributed by atoms with Gasteiger partial charge in [-0.15, -0.1) is 0 Å². The molecule has 0 aliphatic heterocycles. The first-order valence-corrected chi connectivity index (χ1v) is 9.63. The summed E-state index contributed by atoms with van der Waals surface area (Å²) < 4.78 is 35.9. The largest absolute Gasteiger partial charge is 0.497 e. The van der Waals surface area contributed by atoms with E-state index in [0.29, 0.717) is 24.8 Å². The van der Waals surface area contributed by atoms with Crippen molar-refractivity contribution >= 4 is 16.0 Å². The van der Waals surface area contributed by atoms with Crippen LogP contribution in [0.25, 0.3) is 0 Å². The number of aliphatic imine (C=N–C) groups is 1. The maximum absolute atomic E-state index is 11.4. The van der Waals surface area contributed by atoms with E-state index < -0.39 is 15.6 Å². The topological polar surface area (TPSA) is 101 Å². The van der Waals surface area contributed by atoms with Crippen LogP contribution in [0.15, 0.2) is 23.2 Å². The van der Waals surface area contributed by atoms with Crippen molar-refractivity contribution < 1.29 is 17.9 Å². The average molecular weight is 372 g/mol. The normalized spacial score (nSPS) is 12.6. The Balaban J connectivity index is 2.66. The molecule has 9 heteroatoms. The van der Waals surface area contributed by atoms with Crippen LogP contribution in [-0.4, -0.2) is 54.0 Å². The minimum absolute atomic E-state index is 0.374. The van der Waals surface area contributed by atoms with Gasteiger partial charge in [-0.2, -0.15) is 0 Å². The fourth-order valence-corrected chi connectivity index (χ4v) is 3.32. The summed E-state index contributed by atoms with van der Waals surface area (Å²) in [7, 11) is 1.57. The predicted molar refractivity (Wildman–Crippen MR) is 99.8 cm³/mol. The molecule has 0 radical (unpaired) electrons. The Morgan fingerprint density at radius 2 is 1.88 bits per heavy atom. The summed E-state index contributed by atoms with van der Waals surface area (Å²) >= 11 is 0. The number of ether oxygens (including phenoxy) is 2. The molecule has 0 heterocycles. The summed E-state index contributed by atoms with van der Waals surface area (Å²) in [6.45, 7) is 4.45. The highest BCUT2D eigenvalue weighted by molar-refractivity contribution is 7.88. The molecule has 0 fully saturated rings. The number of rotatable bonds is 8. The molecule has 0 aromatic heterocycles. The zero-order valence-corrected chi connectivity index (χ0v) is 16.5. The Labute approximate surface area is 150 Å². The molecule has 25 heavy (non-hydrogen) atoms. The lowest BCUT2D eigenvalue weighted by Crippen LogP contribution is -2.52. The van der Waals surface area contributed by atoms with Gasteiger partial charge in [-0.25, -0.2) is 13.1 Å². The maximum Gasteiger partial charge on any atom is 0.209 e. The van der Waals surface area contributed by atoms with Crippen LogP contribution in [0.2, 0.25) is 0 Å². The van der Waals surface area contributed by atoms with Crippen LogP contribution in [0.5, 0.6) is 11.5 Å². The third-order valence-electron chi connectivity index (χ3n) is 3.32. The molecule has 8 nitrogen and oxygen atoms in total. The SMILES string of the molecule is CN=C(NCc1ccc(OC)cc1OC)NCC(C)(C)NS(C)(=O)=O. The van der Waals surface area contributed by atoms with E-state index in [2.05, 4.69) is 20.3 Å². The van der Waals surface area contributed by atoms with Crippen LogP contribution < -0.4 is 24.8 Å². The van der Waals surface area contributed by atoms with E-state index in [4.69, 9.17) is 9.47 Å². The van der Waals surface area contributed by atoms with Crippen LogP contribution in [-0.2, 0) is 16.6 Å². The molecule has 0 spiro atoms. The molecule has 0 atom stereocenters. The molecule has 3 N–H and O–H groups in total. The summed E-state index contributed by atoms with van der Waals surface area (Å²) in [5.74, 6) is 1.99. The average Bonchev–Trinajstić information content (AvgIpc) is 2.52. The van der Waals surface area contributed by atoms with Gasteiger partial charge in [-0.1, -0.05) is 0 Å². The second-order valence-corrected chi connectivity index (χ2v) is 7.96. The first-order chi connectivity index (χ1) is 11.6. The van der Waals surface area contributed by atoms with Crippen molar-refractivity contribution in [2.24, 2.45) is 4.99 Å². The zero-order chi connectivity index (χ0) is 19.1. The van der Waals surface area contributed by atoms with E-state index in [1.54, 1.807) is 35.1 Å². The predicted octanol–water partition coefficient (Wildman–Crippen LogP) is 0.697. The summed E-state index contributed by atoms with van der Waals surface area (Å²) in [6, 6.07) is 5.58. The number of sulfonamides is 1. The lowest BCUT2D eigenvalue weighted by molar-refractivity contribution is 0.390. The Hall–Kier alpha value is -2.00. The number of hydrogen-bond acceptors (Lipinski definition) is 5. The fraction of sp³-hybridized carbons (Fsp3) is 0.562. The highest BCUT2D eigenvalue weighted by Crippen LogP contribution is 2.24. The quantitative estimate of drug-likeness (QED) is 0.459. The van der Waals surface area contributed by atoms with Gasteiger partial charge in [-0.05, 0) is 26.0 Å². The number of hydrogen-bond donors (Lipinski definition) is 3. The molecule has 0 amide bonds. The molecule has 142 valence electrons. The second kappa shape index (κ2) is 8.91.